The van der Waals surface area contributed by atoms with Gasteiger partial charge < -0.3 is 10.4 Å². The smallest absolute Gasteiger partial charge is 0.307 e. The maximum atomic E-state index is 11.9. The molecular formula is C12H16N2O5S. The minimum Gasteiger partial charge on any atom is -0.481 e. The van der Waals surface area contributed by atoms with Crippen LogP contribution in [0, 0.1) is 0 Å². The zero-order valence-corrected chi connectivity index (χ0v) is 11.7. The van der Waals surface area contributed by atoms with Gasteiger partial charge in [-0.05, 0) is 17.7 Å². The number of carboxylic acids is 1. The van der Waals surface area contributed by atoms with Crippen LogP contribution >= 0.6 is 0 Å². The summed E-state index contributed by atoms with van der Waals surface area (Å²) in [6.07, 6.45) is -0.156. The van der Waals surface area contributed by atoms with Crippen molar-refractivity contribution < 1.29 is 23.1 Å². The summed E-state index contributed by atoms with van der Waals surface area (Å²) in [6, 6.07) is 5.60. The highest BCUT2D eigenvalue weighted by Gasteiger charge is 2.13. The summed E-state index contributed by atoms with van der Waals surface area (Å²) < 4.78 is 26.1. The average molecular weight is 300 g/mol. The lowest BCUT2D eigenvalue weighted by Gasteiger charge is -2.07. The number of amides is 1. The lowest BCUT2D eigenvalue weighted by atomic mass is 10.2. The van der Waals surface area contributed by atoms with Crippen LogP contribution in [0.15, 0.2) is 29.2 Å². The fraction of sp³-hybridized carbons (Fsp3) is 0.333. The third-order valence-corrected chi connectivity index (χ3v) is 3.86. The first kappa shape index (κ1) is 16.1. The van der Waals surface area contributed by atoms with E-state index in [9.17, 15) is 18.0 Å². The third-order valence-electron chi connectivity index (χ3n) is 2.38. The van der Waals surface area contributed by atoms with Gasteiger partial charge in [0, 0.05) is 20.0 Å². The largest absolute Gasteiger partial charge is 0.481 e. The number of sulfonamides is 1. The van der Waals surface area contributed by atoms with Gasteiger partial charge in [-0.2, -0.15) is 0 Å². The second kappa shape index (κ2) is 7.01. The third kappa shape index (κ3) is 5.37. The van der Waals surface area contributed by atoms with Crippen LogP contribution in [-0.4, -0.2) is 38.5 Å². The van der Waals surface area contributed by atoms with Gasteiger partial charge in [-0.3, -0.25) is 9.59 Å². The van der Waals surface area contributed by atoms with Crippen molar-refractivity contribution >= 4 is 21.9 Å². The zero-order valence-electron chi connectivity index (χ0n) is 10.9. The predicted octanol–water partition coefficient (Wildman–Crippen LogP) is -0.272. The molecule has 0 aliphatic heterocycles. The van der Waals surface area contributed by atoms with Gasteiger partial charge >= 0.3 is 5.97 Å². The topological polar surface area (TPSA) is 113 Å². The molecule has 0 saturated carbocycles. The molecule has 1 aromatic carbocycles. The van der Waals surface area contributed by atoms with Gasteiger partial charge in [0.2, 0.25) is 15.9 Å². The summed E-state index contributed by atoms with van der Waals surface area (Å²) in [4.78, 5) is 21.2. The number of hydrogen-bond donors (Lipinski definition) is 3. The first-order valence-electron chi connectivity index (χ1n) is 5.86. The molecule has 0 saturated heterocycles. The highest BCUT2D eigenvalue weighted by Crippen LogP contribution is 2.10. The lowest BCUT2D eigenvalue weighted by molar-refractivity contribution is -0.136. The van der Waals surface area contributed by atoms with E-state index < -0.39 is 16.0 Å². The SMILES string of the molecule is CC(=O)NCCNS(=O)(=O)c1ccc(CC(=O)O)cc1. The van der Waals surface area contributed by atoms with Crippen molar-refractivity contribution in [2.45, 2.75) is 18.2 Å². The molecule has 0 heterocycles. The zero-order chi connectivity index (χ0) is 15.2. The lowest BCUT2D eigenvalue weighted by Crippen LogP contribution is -2.33. The van der Waals surface area contributed by atoms with Gasteiger partial charge in [0.05, 0.1) is 11.3 Å². The number of hydrogen-bond acceptors (Lipinski definition) is 4. The summed E-state index contributed by atoms with van der Waals surface area (Å²) >= 11 is 0. The van der Waals surface area contributed by atoms with E-state index in [1.165, 1.54) is 31.2 Å². The normalized spacial score (nSPS) is 11.1. The molecule has 0 unspecified atom stereocenters. The molecule has 0 fully saturated rings. The Kier molecular flexibility index (Phi) is 5.66. The Morgan fingerprint density at radius 2 is 1.75 bits per heavy atom. The summed E-state index contributed by atoms with van der Waals surface area (Å²) in [5.74, 6) is -1.21. The molecule has 0 spiro atoms. The number of aliphatic carboxylic acids is 1. The number of carbonyl (C=O) groups excluding carboxylic acids is 1. The molecular weight excluding hydrogens is 284 g/mol. The van der Waals surface area contributed by atoms with E-state index in [0.717, 1.165) is 0 Å². The number of benzene rings is 1. The number of carboxylic acid groups (broad SMARTS) is 1. The van der Waals surface area contributed by atoms with Crippen molar-refractivity contribution in [1.29, 1.82) is 0 Å². The molecule has 7 nitrogen and oxygen atoms in total. The molecule has 0 radical (unpaired) electrons. The summed E-state index contributed by atoms with van der Waals surface area (Å²) in [7, 11) is -3.65. The number of nitrogens with one attached hydrogen (secondary N) is 2. The van der Waals surface area contributed by atoms with Crippen molar-refractivity contribution in [3.05, 3.63) is 29.8 Å². The fourth-order valence-corrected chi connectivity index (χ4v) is 2.50. The molecule has 110 valence electrons. The molecule has 0 bridgehead atoms. The summed E-state index contributed by atoms with van der Waals surface area (Å²) in [5, 5.41) is 11.1. The van der Waals surface area contributed by atoms with Gasteiger partial charge in [0.25, 0.3) is 0 Å². The molecule has 8 heteroatoms. The Morgan fingerprint density at radius 1 is 1.15 bits per heavy atom. The molecule has 1 aromatic rings. The van der Waals surface area contributed by atoms with Crippen LogP contribution in [0.1, 0.15) is 12.5 Å². The molecule has 0 aliphatic rings. The molecule has 1 rings (SSSR count). The Labute approximate surface area is 117 Å². The van der Waals surface area contributed by atoms with E-state index in [4.69, 9.17) is 5.11 Å². The molecule has 0 aliphatic carbocycles. The first-order chi connectivity index (χ1) is 9.31. The van der Waals surface area contributed by atoms with Crippen LogP contribution in [0.5, 0.6) is 0 Å². The standard InChI is InChI=1S/C12H16N2O5S/c1-9(15)13-6-7-14-20(18,19)11-4-2-10(3-5-11)8-12(16)17/h2-5,14H,6-8H2,1H3,(H,13,15)(H,16,17). The van der Waals surface area contributed by atoms with Gasteiger partial charge in [-0.15, -0.1) is 0 Å². The number of rotatable bonds is 7. The van der Waals surface area contributed by atoms with Crippen molar-refractivity contribution in [3.63, 3.8) is 0 Å². The highest BCUT2D eigenvalue weighted by molar-refractivity contribution is 7.89. The van der Waals surface area contributed by atoms with E-state index in [1.54, 1.807) is 0 Å². The van der Waals surface area contributed by atoms with Gasteiger partial charge in [0.1, 0.15) is 0 Å². The Hall–Kier alpha value is -1.93. The van der Waals surface area contributed by atoms with Crippen molar-refractivity contribution in [2.24, 2.45) is 0 Å². The van der Waals surface area contributed by atoms with Crippen LogP contribution < -0.4 is 10.0 Å². The van der Waals surface area contributed by atoms with Gasteiger partial charge in [0.15, 0.2) is 0 Å². The van der Waals surface area contributed by atoms with Crippen molar-refractivity contribution in [2.75, 3.05) is 13.1 Å². The molecule has 0 atom stereocenters. The minimum absolute atomic E-state index is 0.0504. The van der Waals surface area contributed by atoms with E-state index in [1.807, 2.05) is 0 Å². The summed E-state index contributed by atoms with van der Waals surface area (Å²) in [6.45, 7) is 1.63. The Balaban J connectivity index is 2.63. The second-order valence-electron chi connectivity index (χ2n) is 4.10. The second-order valence-corrected chi connectivity index (χ2v) is 5.86. The van der Waals surface area contributed by atoms with Crippen molar-refractivity contribution in [3.8, 4) is 0 Å². The number of carbonyl (C=O) groups is 2. The van der Waals surface area contributed by atoms with E-state index >= 15 is 0 Å². The van der Waals surface area contributed by atoms with Crippen molar-refractivity contribution in [1.82, 2.24) is 10.0 Å². The van der Waals surface area contributed by atoms with E-state index in [0.29, 0.717) is 5.56 Å². The highest BCUT2D eigenvalue weighted by atomic mass is 32.2. The van der Waals surface area contributed by atoms with Crippen LogP contribution in [0.25, 0.3) is 0 Å². The maximum Gasteiger partial charge on any atom is 0.307 e. The Bertz CT molecular complexity index is 580. The molecule has 1 amide bonds. The molecule has 20 heavy (non-hydrogen) atoms. The summed E-state index contributed by atoms with van der Waals surface area (Å²) in [5.41, 5.74) is 0.523. The van der Waals surface area contributed by atoms with Crippen LogP contribution in [0.2, 0.25) is 0 Å². The quantitative estimate of drug-likeness (QED) is 0.600. The maximum absolute atomic E-state index is 11.9. The van der Waals surface area contributed by atoms with Gasteiger partial charge in [-0.1, -0.05) is 12.1 Å². The van der Waals surface area contributed by atoms with Crippen LogP contribution in [-0.2, 0) is 26.0 Å². The molecule has 3 N–H and O–H groups in total. The van der Waals surface area contributed by atoms with E-state index in [-0.39, 0.29) is 30.3 Å². The average Bonchev–Trinajstić information content (AvgIpc) is 2.34. The molecule has 0 aromatic heterocycles. The van der Waals surface area contributed by atoms with Gasteiger partial charge in [-0.25, -0.2) is 13.1 Å². The first-order valence-corrected chi connectivity index (χ1v) is 7.34. The van der Waals surface area contributed by atoms with Crippen LogP contribution in [0.4, 0.5) is 0 Å². The Morgan fingerprint density at radius 3 is 2.25 bits per heavy atom. The minimum atomic E-state index is -3.65. The van der Waals surface area contributed by atoms with Crippen LogP contribution in [0.3, 0.4) is 0 Å². The van der Waals surface area contributed by atoms with E-state index in [2.05, 4.69) is 10.0 Å². The fourth-order valence-electron chi connectivity index (χ4n) is 1.47. The predicted molar refractivity (Wildman–Crippen MR) is 71.7 cm³/mol. The monoisotopic (exact) mass is 300 g/mol.